The second-order valence-corrected chi connectivity index (χ2v) is 7.76. The van der Waals surface area contributed by atoms with E-state index in [1.54, 1.807) is 25.7 Å². The molecule has 120 valence electrons. The van der Waals surface area contributed by atoms with Crippen molar-refractivity contribution in [3.8, 4) is 0 Å². The van der Waals surface area contributed by atoms with Gasteiger partial charge in [0.05, 0.1) is 0 Å². The van der Waals surface area contributed by atoms with Crippen LogP contribution >= 0.6 is 0 Å². The van der Waals surface area contributed by atoms with Crippen molar-refractivity contribution in [2.75, 3.05) is 13.1 Å². The van der Waals surface area contributed by atoms with Gasteiger partial charge in [0.2, 0.25) is 0 Å². The lowest BCUT2D eigenvalue weighted by Crippen LogP contribution is -2.54. The summed E-state index contributed by atoms with van der Waals surface area (Å²) in [6.07, 6.45) is 2.92. The summed E-state index contributed by atoms with van der Waals surface area (Å²) in [6.45, 7) is 13.1. The number of hydrogen-bond acceptors (Lipinski definition) is 2. The Morgan fingerprint density at radius 1 is 1.24 bits per heavy atom. The predicted octanol–water partition coefficient (Wildman–Crippen LogP) is 2.87. The minimum atomic E-state index is -1.00. The number of amides is 2. The molecule has 1 aliphatic rings. The molecule has 0 aromatic rings. The highest BCUT2D eigenvalue weighted by molar-refractivity contribution is 5.83. The monoisotopic (exact) mass is 296 g/mol. The molecule has 1 rings (SSSR count). The van der Waals surface area contributed by atoms with E-state index in [1.807, 2.05) is 0 Å². The molecule has 5 heteroatoms. The van der Waals surface area contributed by atoms with Crippen LogP contribution in [0.1, 0.15) is 48.0 Å². The number of carboxylic acid groups (broad SMARTS) is 1. The highest BCUT2D eigenvalue weighted by atomic mass is 16.4. The zero-order valence-corrected chi connectivity index (χ0v) is 14.0. The van der Waals surface area contributed by atoms with Crippen LogP contribution in [-0.2, 0) is 4.79 Å². The van der Waals surface area contributed by atoms with Gasteiger partial charge in [0, 0.05) is 13.1 Å². The maximum absolute atomic E-state index is 12.2. The van der Waals surface area contributed by atoms with Crippen molar-refractivity contribution in [2.24, 2.45) is 10.8 Å². The normalized spacial score (nSPS) is 18.0. The Labute approximate surface area is 127 Å². The number of carbonyl (C=O) groups excluding carboxylic acids is 1. The molecular formula is C16H28N2O3. The molecule has 0 aromatic heterocycles. The summed E-state index contributed by atoms with van der Waals surface area (Å²) in [5, 5.41) is 11.9. The zero-order valence-electron chi connectivity index (χ0n) is 14.0. The van der Waals surface area contributed by atoms with Crippen molar-refractivity contribution < 1.29 is 14.7 Å². The minimum Gasteiger partial charge on any atom is -0.480 e. The van der Waals surface area contributed by atoms with E-state index in [-0.39, 0.29) is 11.4 Å². The molecular weight excluding hydrogens is 268 g/mol. The molecule has 2 amide bonds. The molecule has 2 N–H and O–H groups in total. The Hall–Kier alpha value is -1.52. The van der Waals surface area contributed by atoms with Gasteiger partial charge in [0.25, 0.3) is 0 Å². The minimum absolute atomic E-state index is 0.123. The molecule has 1 aliphatic heterocycles. The van der Waals surface area contributed by atoms with Gasteiger partial charge in [0.1, 0.15) is 6.04 Å². The van der Waals surface area contributed by atoms with Crippen LogP contribution in [-0.4, -0.2) is 41.1 Å². The number of urea groups is 1. The van der Waals surface area contributed by atoms with E-state index in [4.69, 9.17) is 0 Å². The van der Waals surface area contributed by atoms with E-state index in [0.29, 0.717) is 13.1 Å². The number of hydrogen-bond donors (Lipinski definition) is 2. The number of nitrogens with zero attached hydrogens (tertiary/aromatic N) is 1. The zero-order chi connectivity index (χ0) is 16.4. The molecule has 0 bridgehead atoms. The fourth-order valence-corrected chi connectivity index (χ4v) is 2.40. The third-order valence-corrected chi connectivity index (χ3v) is 3.84. The van der Waals surface area contributed by atoms with Crippen LogP contribution < -0.4 is 5.32 Å². The predicted molar refractivity (Wildman–Crippen MR) is 83.1 cm³/mol. The van der Waals surface area contributed by atoms with Gasteiger partial charge in [-0.3, -0.25) is 0 Å². The lowest BCUT2D eigenvalue weighted by molar-refractivity contribution is -0.142. The van der Waals surface area contributed by atoms with Crippen molar-refractivity contribution in [1.29, 1.82) is 0 Å². The average molecular weight is 296 g/mol. The van der Waals surface area contributed by atoms with Gasteiger partial charge in [-0.05, 0) is 17.3 Å². The van der Waals surface area contributed by atoms with Gasteiger partial charge >= 0.3 is 12.0 Å². The van der Waals surface area contributed by atoms with E-state index >= 15 is 0 Å². The fraction of sp³-hybridized carbons (Fsp3) is 0.750. The van der Waals surface area contributed by atoms with Crippen LogP contribution in [0.15, 0.2) is 11.6 Å². The van der Waals surface area contributed by atoms with Crippen LogP contribution in [0.2, 0.25) is 0 Å². The first-order valence-corrected chi connectivity index (χ1v) is 7.40. The summed E-state index contributed by atoms with van der Waals surface area (Å²) >= 11 is 0. The quantitative estimate of drug-likeness (QED) is 0.770. The first-order chi connectivity index (χ1) is 9.43. The van der Waals surface area contributed by atoms with E-state index in [0.717, 1.165) is 6.42 Å². The Balaban J connectivity index is 2.70. The first kappa shape index (κ1) is 17.5. The average Bonchev–Trinajstić information content (AvgIpc) is 2.33. The standard InChI is InChI=1S/C16H28N2O3/c1-15(2,3)11-7-9-18(10-8-11)14(21)17-12(13(19)20)16(4,5)6/h7,12H,8-10H2,1-6H3,(H,17,21)(H,19,20)/t12-/m0/s1. The van der Waals surface area contributed by atoms with Crippen LogP contribution in [0.5, 0.6) is 0 Å². The van der Waals surface area contributed by atoms with Crippen LogP contribution in [0.25, 0.3) is 0 Å². The molecule has 21 heavy (non-hydrogen) atoms. The molecule has 0 aromatic carbocycles. The SMILES string of the molecule is CC(C)(C)C1=CCN(C(=O)N[C@@H](C(=O)O)C(C)(C)C)CC1. The second-order valence-electron chi connectivity index (χ2n) is 7.76. The van der Waals surface area contributed by atoms with Gasteiger partial charge in [-0.25, -0.2) is 9.59 Å². The summed E-state index contributed by atoms with van der Waals surface area (Å²) in [7, 11) is 0. The van der Waals surface area contributed by atoms with Crippen molar-refractivity contribution in [3.05, 3.63) is 11.6 Å². The van der Waals surface area contributed by atoms with E-state index in [9.17, 15) is 14.7 Å². The molecule has 1 heterocycles. The first-order valence-electron chi connectivity index (χ1n) is 7.40. The van der Waals surface area contributed by atoms with Gasteiger partial charge in [0.15, 0.2) is 0 Å². The molecule has 0 saturated carbocycles. The van der Waals surface area contributed by atoms with E-state index in [2.05, 4.69) is 32.2 Å². The summed E-state index contributed by atoms with van der Waals surface area (Å²) in [5.74, 6) is -1.00. The fourth-order valence-electron chi connectivity index (χ4n) is 2.40. The number of carbonyl (C=O) groups is 2. The summed E-state index contributed by atoms with van der Waals surface area (Å²) in [4.78, 5) is 25.2. The smallest absolute Gasteiger partial charge is 0.326 e. The van der Waals surface area contributed by atoms with Crippen molar-refractivity contribution >= 4 is 12.0 Å². The number of carboxylic acids is 1. The van der Waals surface area contributed by atoms with Crippen LogP contribution in [0, 0.1) is 10.8 Å². The molecule has 5 nitrogen and oxygen atoms in total. The third kappa shape index (κ3) is 4.76. The number of aliphatic carboxylic acids is 1. The highest BCUT2D eigenvalue weighted by Crippen LogP contribution is 2.30. The van der Waals surface area contributed by atoms with Crippen molar-refractivity contribution in [3.63, 3.8) is 0 Å². The third-order valence-electron chi connectivity index (χ3n) is 3.84. The van der Waals surface area contributed by atoms with Gasteiger partial charge in [-0.15, -0.1) is 0 Å². The molecule has 0 saturated heterocycles. The van der Waals surface area contributed by atoms with Crippen LogP contribution in [0.4, 0.5) is 4.79 Å². The van der Waals surface area contributed by atoms with Gasteiger partial charge in [-0.1, -0.05) is 53.2 Å². The largest absolute Gasteiger partial charge is 0.480 e. The van der Waals surface area contributed by atoms with Gasteiger partial charge < -0.3 is 15.3 Å². The number of rotatable bonds is 2. The van der Waals surface area contributed by atoms with E-state index in [1.165, 1.54) is 5.57 Å². The molecule has 0 radical (unpaired) electrons. The van der Waals surface area contributed by atoms with Crippen LogP contribution in [0.3, 0.4) is 0 Å². The summed E-state index contributed by atoms with van der Waals surface area (Å²) in [6, 6.07) is -1.19. The Morgan fingerprint density at radius 2 is 1.81 bits per heavy atom. The van der Waals surface area contributed by atoms with E-state index < -0.39 is 17.4 Å². The second kappa shape index (κ2) is 6.08. The Bertz CT molecular complexity index is 441. The Morgan fingerprint density at radius 3 is 2.14 bits per heavy atom. The van der Waals surface area contributed by atoms with Crippen molar-refractivity contribution in [1.82, 2.24) is 10.2 Å². The highest BCUT2D eigenvalue weighted by Gasteiger charge is 2.34. The van der Waals surface area contributed by atoms with Crippen molar-refractivity contribution in [2.45, 2.75) is 54.0 Å². The molecule has 0 fully saturated rings. The maximum Gasteiger partial charge on any atom is 0.326 e. The topological polar surface area (TPSA) is 69.6 Å². The Kier molecular flexibility index (Phi) is 5.07. The molecule has 1 atom stereocenters. The maximum atomic E-state index is 12.2. The lowest BCUT2D eigenvalue weighted by atomic mass is 9.83. The number of nitrogens with one attached hydrogen (secondary N) is 1. The molecule has 0 aliphatic carbocycles. The summed E-state index contributed by atoms with van der Waals surface area (Å²) in [5.41, 5.74) is 0.943. The van der Waals surface area contributed by atoms with Gasteiger partial charge in [-0.2, -0.15) is 0 Å². The lowest BCUT2D eigenvalue weighted by Gasteiger charge is -2.34. The molecule has 0 unspecified atom stereocenters. The summed E-state index contributed by atoms with van der Waals surface area (Å²) < 4.78 is 0. The molecule has 0 spiro atoms.